The van der Waals surface area contributed by atoms with Crippen molar-refractivity contribution in [3.05, 3.63) is 35.9 Å². The SMILES string of the molecule is CCCC1CCCC(NC(CC)c2ccccc2)CC1. The smallest absolute Gasteiger partial charge is 0.0320 e. The second kappa shape index (κ2) is 8.46. The molecule has 0 aliphatic heterocycles. The van der Waals surface area contributed by atoms with Gasteiger partial charge in [-0.25, -0.2) is 0 Å². The Morgan fingerprint density at radius 2 is 1.85 bits per heavy atom. The summed E-state index contributed by atoms with van der Waals surface area (Å²) >= 11 is 0. The molecule has 1 aromatic rings. The molecule has 0 saturated heterocycles. The van der Waals surface area contributed by atoms with Crippen LogP contribution in [-0.2, 0) is 0 Å². The van der Waals surface area contributed by atoms with Crippen LogP contribution in [0.4, 0.5) is 0 Å². The molecule has 1 aliphatic rings. The number of hydrogen-bond donors (Lipinski definition) is 1. The van der Waals surface area contributed by atoms with Gasteiger partial charge in [-0.3, -0.25) is 0 Å². The van der Waals surface area contributed by atoms with Crippen molar-refractivity contribution in [3.63, 3.8) is 0 Å². The average Bonchev–Trinajstić information content (AvgIpc) is 2.71. The van der Waals surface area contributed by atoms with Gasteiger partial charge in [0.05, 0.1) is 0 Å². The van der Waals surface area contributed by atoms with Gasteiger partial charge in [0.1, 0.15) is 0 Å². The van der Waals surface area contributed by atoms with E-state index in [4.69, 9.17) is 0 Å². The molecule has 1 aromatic carbocycles. The molecular formula is C19H31N. The fourth-order valence-electron chi connectivity index (χ4n) is 3.66. The van der Waals surface area contributed by atoms with Crippen molar-refractivity contribution in [3.8, 4) is 0 Å². The highest BCUT2D eigenvalue weighted by Gasteiger charge is 2.20. The van der Waals surface area contributed by atoms with E-state index in [9.17, 15) is 0 Å². The third-order valence-electron chi connectivity index (χ3n) is 4.83. The topological polar surface area (TPSA) is 12.0 Å². The Labute approximate surface area is 125 Å². The molecule has 0 spiro atoms. The third kappa shape index (κ3) is 4.63. The molecule has 0 heterocycles. The Kier molecular flexibility index (Phi) is 6.59. The van der Waals surface area contributed by atoms with E-state index < -0.39 is 0 Å². The first-order valence-electron chi connectivity index (χ1n) is 8.64. The van der Waals surface area contributed by atoms with Crippen LogP contribution in [0.3, 0.4) is 0 Å². The van der Waals surface area contributed by atoms with Gasteiger partial charge in [0.2, 0.25) is 0 Å². The predicted octanol–water partition coefficient (Wildman–Crippen LogP) is 5.48. The lowest BCUT2D eigenvalue weighted by atomic mass is 9.95. The van der Waals surface area contributed by atoms with Crippen LogP contribution in [0.1, 0.15) is 76.8 Å². The van der Waals surface area contributed by atoms with Gasteiger partial charge in [0, 0.05) is 12.1 Å². The van der Waals surface area contributed by atoms with E-state index in [0.29, 0.717) is 6.04 Å². The molecule has 20 heavy (non-hydrogen) atoms. The number of hydrogen-bond acceptors (Lipinski definition) is 1. The van der Waals surface area contributed by atoms with Crippen LogP contribution < -0.4 is 5.32 Å². The van der Waals surface area contributed by atoms with Gasteiger partial charge in [0.25, 0.3) is 0 Å². The third-order valence-corrected chi connectivity index (χ3v) is 4.83. The molecule has 2 rings (SSSR count). The van der Waals surface area contributed by atoms with Crippen molar-refractivity contribution in [2.45, 2.75) is 77.3 Å². The highest BCUT2D eigenvalue weighted by atomic mass is 14.9. The van der Waals surface area contributed by atoms with Crippen molar-refractivity contribution >= 4 is 0 Å². The molecule has 3 atom stereocenters. The lowest BCUT2D eigenvalue weighted by Crippen LogP contribution is -2.32. The summed E-state index contributed by atoms with van der Waals surface area (Å²) in [6.45, 7) is 4.62. The predicted molar refractivity (Wildman–Crippen MR) is 87.9 cm³/mol. The molecule has 1 N–H and O–H groups in total. The maximum atomic E-state index is 3.92. The Morgan fingerprint density at radius 3 is 2.55 bits per heavy atom. The van der Waals surface area contributed by atoms with Crippen molar-refractivity contribution in [1.82, 2.24) is 5.32 Å². The quantitative estimate of drug-likeness (QED) is 0.677. The minimum absolute atomic E-state index is 0.531. The summed E-state index contributed by atoms with van der Waals surface area (Å²) in [6, 6.07) is 12.2. The fraction of sp³-hybridized carbons (Fsp3) is 0.684. The van der Waals surface area contributed by atoms with Gasteiger partial charge in [-0.1, -0.05) is 69.9 Å². The second-order valence-corrected chi connectivity index (χ2v) is 6.40. The summed E-state index contributed by atoms with van der Waals surface area (Å²) in [5.74, 6) is 0.989. The fourth-order valence-corrected chi connectivity index (χ4v) is 3.66. The Balaban J connectivity index is 1.88. The zero-order chi connectivity index (χ0) is 14.2. The van der Waals surface area contributed by atoms with Crippen molar-refractivity contribution in [1.29, 1.82) is 0 Å². The summed E-state index contributed by atoms with van der Waals surface area (Å²) in [4.78, 5) is 0. The molecule has 3 unspecified atom stereocenters. The minimum atomic E-state index is 0.531. The highest BCUT2D eigenvalue weighted by Crippen LogP contribution is 2.28. The van der Waals surface area contributed by atoms with Gasteiger partial charge in [0.15, 0.2) is 0 Å². The van der Waals surface area contributed by atoms with Crippen LogP contribution in [0.25, 0.3) is 0 Å². The van der Waals surface area contributed by atoms with E-state index in [2.05, 4.69) is 49.5 Å². The first kappa shape index (κ1) is 15.6. The van der Waals surface area contributed by atoms with Crippen molar-refractivity contribution in [2.75, 3.05) is 0 Å². The van der Waals surface area contributed by atoms with E-state index in [1.807, 2.05) is 0 Å². The molecule has 1 aliphatic carbocycles. The number of benzene rings is 1. The van der Waals surface area contributed by atoms with Crippen LogP contribution in [0, 0.1) is 5.92 Å². The Bertz CT molecular complexity index is 359. The Morgan fingerprint density at radius 1 is 1.05 bits per heavy atom. The van der Waals surface area contributed by atoms with E-state index in [1.165, 1.54) is 56.9 Å². The Hall–Kier alpha value is -0.820. The zero-order valence-corrected chi connectivity index (χ0v) is 13.3. The lowest BCUT2D eigenvalue weighted by Gasteiger charge is -2.24. The van der Waals surface area contributed by atoms with Gasteiger partial charge in [-0.2, -0.15) is 0 Å². The minimum Gasteiger partial charge on any atom is -0.307 e. The lowest BCUT2D eigenvalue weighted by molar-refractivity contribution is 0.378. The van der Waals surface area contributed by atoms with Gasteiger partial charge >= 0.3 is 0 Å². The van der Waals surface area contributed by atoms with Gasteiger partial charge in [-0.15, -0.1) is 0 Å². The van der Waals surface area contributed by atoms with Crippen LogP contribution in [0.2, 0.25) is 0 Å². The normalized spacial score (nSPS) is 25.1. The molecule has 1 fully saturated rings. The maximum Gasteiger partial charge on any atom is 0.0320 e. The molecule has 1 heteroatoms. The standard InChI is InChI=1S/C19H31N/c1-3-9-16-10-8-13-18(15-14-16)20-19(4-2)17-11-6-5-7-12-17/h5-7,11-12,16,18-20H,3-4,8-10,13-15H2,1-2H3. The van der Waals surface area contributed by atoms with Crippen LogP contribution in [-0.4, -0.2) is 6.04 Å². The summed E-state index contributed by atoms with van der Waals surface area (Å²) in [7, 11) is 0. The summed E-state index contributed by atoms with van der Waals surface area (Å²) in [5.41, 5.74) is 1.45. The monoisotopic (exact) mass is 273 g/mol. The molecule has 1 saturated carbocycles. The summed E-state index contributed by atoms with van der Waals surface area (Å²) < 4.78 is 0. The summed E-state index contributed by atoms with van der Waals surface area (Å²) in [6.07, 6.45) is 11.0. The van der Waals surface area contributed by atoms with E-state index in [-0.39, 0.29) is 0 Å². The van der Waals surface area contributed by atoms with Crippen LogP contribution in [0.15, 0.2) is 30.3 Å². The van der Waals surface area contributed by atoms with E-state index in [1.54, 1.807) is 0 Å². The first-order chi connectivity index (χ1) is 9.83. The van der Waals surface area contributed by atoms with E-state index in [0.717, 1.165) is 12.0 Å². The zero-order valence-electron chi connectivity index (χ0n) is 13.3. The van der Waals surface area contributed by atoms with Gasteiger partial charge < -0.3 is 5.32 Å². The van der Waals surface area contributed by atoms with Gasteiger partial charge in [-0.05, 0) is 37.2 Å². The molecule has 0 bridgehead atoms. The molecule has 0 amide bonds. The molecule has 1 nitrogen and oxygen atoms in total. The number of nitrogens with one attached hydrogen (secondary N) is 1. The second-order valence-electron chi connectivity index (χ2n) is 6.40. The maximum absolute atomic E-state index is 3.92. The van der Waals surface area contributed by atoms with Crippen LogP contribution in [0.5, 0.6) is 0 Å². The average molecular weight is 273 g/mol. The van der Waals surface area contributed by atoms with E-state index >= 15 is 0 Å². The first-order valence-corrected chi connectivity index (χ1v) is 8.64. The van der Waals surface area contributed by atoms with Crippen LogP contribution >= 0.6 is 0 Å². The molecular weight excluding hydrogens is 242 g/mol. The largest absolute Gasteiger partial charge is 0.307 e. The van der Waals surface area contributed by atoms with Crippen molar-refractivity contribution in [2.24, 2.45) is 5.92 Å². The number of rotatable bonds is 6. The highest BCUT2D eigenvalue weighted by molar-refractivity contribution is 5.18. The molecule has 0 aromatic heterocycles. The summed E-state index contributed by atoms with van der Waals surface area (Å²) in [5, 5.41) is 3.92. The van der Waals surface area contributed by atoms with Crippen molar-refractivity contribution < 1.29 is 0 Å². The molecule has 112 valence electrons. The molecule has 0 radical (unpaired) electrons.